The highest BCUT2D eigenvalue weighted by molar-refractivity contribution is 8.00. The molecule has 0 aliphatic carbocycles. The van der Waals surface area contributed by atoms with Crippen molar-refractivity contribution in [1.82, 2.24) is 20.1 Å². The Morgan fingerprint density at radius 1 is 1.00 bits per heavy atom. The molecule has 1 aliphatic rings. The standard InChI is InChI=1S/C35H33N5O3S/c1-23-13-14-28(24(2)19-23)40-35-32(33(38-40)26-9-5-4-6-10-26)34(27-11-7-8-12-29(27)43-3)44-22-31(42)39(35)21-30(41)37-20-25-15-17-36-18-16-25/h4-19,34H,20-22H2,1-3H3,(H,37,41)/t34-/m0/s1. The van der Waals surface area contributed by atoms with E-state index in [0.717, 1.165) is 50.5 Å². The number of hydrogen-bond donors (Lipinski definition) is 1. The van der Waals surface area contributed by atoms with Crippen molar-refractivity contribution in [1.29, 1.82) is 0 Å². The number of aryl methyl sites for hydroxylation is 2. The summed E-state index contributed by atoms with van der Waals surface area (Å²) in [7, 11) is 1.66. The summed E-state index contributed by atoms with van der Waals surface area (Å²) < 4.78 is 7.65. The topological polar surface area (TPSA) is 89.3 Å². The van der Waals surface area contributed by atoms with Crippen LogP contribution in [0.2, 0.25) is 0 Å². The lowest BCUT2D eigenvalue weighted by Crippen LogP contribution is -2.42. The molecule has 44 heavy (non-hydrogen) atoms. The summed E-state index contributed by atoms with van der Waals surface area (Å²) in [5.41, 5.74) is 7.37. The Kier molecular flexibility index (Phi) is 8.47. The molecule has 1 N–H and O–H groups in total. The van der Waals surface area contributed by atoms with Gasteiger partial charge in [-0.1, -0.05) is 66.2 Å². The number of hydrogen-bond acceptors (Lipinski definition) is 6. The predicted molar refractivity (Wildman–Crippen MR) is 174 cm³/mol. The normalized spacial score (nSPS) is 14.6. The number of carbonyl (C=O) groups excluding carboxylic acids is 2. The number of benzene rings is 3. The largest absolute Gasteiger partial charge is 0.496 e. The SMILES string of the molecule is COc1ccccc1[C@@H]1SCC(=O)N(CC(=O)NCc2ccncc2)c2c1c(-c1ccccc1)nn2-c1ccc(C)cc1C. The molecule has 0 saturated heterocycles. The first-order valence-corrected chi connectivity index (χ1v) is 15.5. The van der Waals surface area contributed by atoms with E-state index in [1.807, 2.05) is 97.4 Å². The number of amides is 2. The van der Waals surface area contributed by atoms with E-state index in [-0.39, 0.29) is 29.4 Å². The number of carbonyl (C=O) groups is 2. The molecule has 2 amide bonds. The van der Waals surface area contributed by atoms with E-state index < -0.39 is 0 Å². The van der Waals surface area contributed by atoms with Crippen molar-refractivity contribution in [3.05, 3.63) is 125 Å². The Morgan fingerprint density at radius 2 is 1.75 bits per heavy atom. The number of fused-ring (bicyclic) bond motifs is 1. The molecule has 9 heteroatoms. The molecule has 0 fully saturated rings. The Morgan fingerprint density at radius 3 is 2.50 bits per heavy atom. The van der Waals surface area contributed by atoms with Gasteiger partial charge in [-0.25, -0.2) is 4.68 Å². The Balaban J connectivity index is 1.56. The van der Waals surface area contributed by atoms with Crippen LogP contribution in [0.4, 0.5) is 5.82 Å². The fraction of sp³-hybridized carbons (Fsp3) is 0.200. The van der Waals surface area contributed by atoms with Gasteiger partial charge in [0.1, 0.15) is 18.1 Å². The highest BCUT2D eigenvalue weighted by atomic mass is 32.2. The summed E-state index contributed by atoms with van der Waals surface area (Å²) in [5, 5.41) is 7.90. The maximum atomic E-state index is 14.0. The van der Waals surface area contributed by atoms with Crippen molar-refractivity contribution in [2.45, 2.75) is 25.6 Å². The molecule has 6 rings (SSSR count). The lowest BCUT2D eigenvalue weighted by atomic mass is 9.99. The first-order valence-electron chi connectivity index (χ1n) is 14.4. The fourth-order valence-electron chi connectivity index (χ4n) is 5.57. The number of nitrogens with zero attached hydrogens (tertiary/aromatic N) is 4. The van der Waals surface area contributed by atoms with Gasteiger partial charge in [0.2, 0.25) is 11.8 Å². The van der Waals surface area contributed by atoms with Crippen LogP contribution in [-0.4, -0.2) is 46.0 Å². The number of pyridine rings is 1. The van der Waals surface area contributed by atoms with Crippen molar-refractivity contribution in [3.63, 3.8) is 0 Å². The van der Waals surface area contributed by atoms with E-state index >= 15 is 0 Å². The van der Waals surface area contributed by atoms with Gasteiger partial charge in [-0.05, 0) is 49.2 Å². The molecule has 0 bridgehead atoms. The summed E-state index contributed by atoms with van der Waals surface area (Å²) >= 11 is 1.52. The third kappa shape index (κ3) is 5.83. The third-order valence-corrected chi connectivity index (χ3v) is 8.92. The van der Waals surface area contributed by atoms with Crippen molar-refractivity contribution in [2.75, 3.05) is 24.3 Å². The van der Waals surface area contributed by atoms with E-state index in [2.05, 4.69) is 16.4 Å². The lowest BCUT2D eigenvalue weighted by molar-refractivity contribution is -0.123. The molecule has 1 atom stereocenters. The molecule has 0 unspecified atom stereocenters. The molecule has 3 aromatic carbocycles. The van der Waals surface area contributed by atoms with Crippen LogP contribution in [0.3, 0.4) is 0 Å². The van der Waals surface area contributed by atoms with E-state index in [1.54, 1.807) is 24.4 Å². The first kappa shape index (κ1) is 29.2. The average molecular weight is 604 g/mol. The number of para-hydroxylation sites is 1. The van der Waals surface area contributed by atoms with Gasteiger partial charge in [-0.2, -0.15) is 5.10 Å². The highest BCUT2D eigenvalue weighted by Crippen LogP contribution is 2.50. The number of methoxy groups -OCH3 is 1. The van der Waals surface area contributed by atoms with Gasteiger partial charge in [0.25, 0.3) is 0 Å². The lowest BCUT2D eigenvalue weighted by Gasteiger charge is -2.24. The molecule has 222 valence electrons. The summed E-state index contributed by atoms with van der Waals surface area (Å²) in [5.74, 6) is 1.05. The minimum Gasteiger partial charge on any atom is -0.496 e. The molecular formula is C35H33N5O3S. The van der Waals surface area contributed by atoms with Crippen molar-refractivity contribution in [2.24, 2.45) is 0 Å². The Labute approximate surface area is 261 Å². The van der Waals surface area contributed by atoms with E-state index in [9.17, 15) is 9.59 Å². The van der Waals surface area contributed by atoms with E-state index in [4.69, 9.17) is 9.84 Å². The quantitative estimate of drug-likeness (QED) is 0.233. The van der Waals surface area contributed by atoms with Crippen LogP contribution in [0.15, 0.2) is 97.3 Å². The minimum atomic E-state index is -0.287. The van der Waals surface area contributed by atoms with Crippen molar-refractivity contribution >= 4 is 29.4 Å². The highest BCUT2D eigenvalue weighted by Gasteiger charge is 2.38. The van der Waals surface area contributed by atoms with Crippen molar-refractivity contribution < 1.29 is 14.3 Å². The van der Waals surface area contributed by atoms with Crippen LogP contribution in [0, 0.1) is 13.8 Å². The smallest absolute Gasteiger partial charge is 0.240 e. The van der Waals surface area contributed by atoms with Crippen LogP contribution < -0.4 is 15.0 Å². The van der Waals surface area contributed by atoms with Gasteiger partial charge in [0.15, 0.2) is 0 Å². The van der Waals surface area contributed by atoms with Crippen LogP contribution in [0.5, 0.6) is 5.75 Å². The number of ether oxygens (including phenoxy) is 1. The maximum absolute atomic E-state index is 14.0. The molecule has 2 aromatic heterocycles. The number of aromatic nitrogens is 3. The predicted octanol–water partition coefficient (Wildman–Crippen LogP) is 6.05. The second kappa shape index (κ2) is 12.8. The number of nitrogens with one attached hydrogen (secondary N) is 1. The Bertz CT molecular complexity index is 1810. The first-order chi connectivity index (χ1) is 21.4. The minimum absolute atomic E-state index is 0.152. The third-order valence-electron chi connectivity index (χ3n) is 7.68. The van der Waals surface area contributed by atoms with Crippen LogP contribution in [0.1, 0.15) is 33.1 Å². The summed E-state index contributed by atoms with van der Waals surface area (Å²) in [6.45, 7) is 4.27. The van der Waals surface area contributed by atoms with Crippen LogP contribution in [0.25, 0.3) is 16.9 Å². The summed E-state index contributed by atoms with van der Waals surface area (Å²) in [4.78, 5) is 33.1. The molecule has 1 aliphatic heterocycles. The second-order valence-corrected chi connectivity index (χ2v) is 11.8. The fourth-order valence-corrected chi connectivity index (χ4v) is 6.79. The number of rotatable bonds is 8. The molecule has 0 radical (unpaired) electrons. The molecule has 8 nitrogen and oxygen atoms in total. The van der Waals surface area contributed by atoms with Gasteiger partial charge < -0.3 is 10.1 Å². The zero-order valence-corrected chi connectivity index (χ0v) is 25.7. The summed E-state index contributed by atoms with van der Waals surface area (Å²) in [6.07, 6.45) is 3.38. The number of anilines is 1. The van der Waals surface area contributed by atoms with E-state index in [0.29, 0.717) is 12.4 Å². The average Bonchev–Trinajstić information content (AvgIpc) is 3.37. The van der Waals surface area contributed by atoms with Gasteiger partial charge in [0.05, 0.1) is 29.5 Å². The molecule has 3 heterocycles. The zero-order chi connectivity index (χ0) is 30.6. The summed E-state index contributed by atoms with van der Waals surface area (Å²) in [6, 6.07) is 27.7. The zero-order valence-electron chi connectivity index (χ0n) is 24.9. The van der Waals surface area contributed by atoms with Crippen molar-refractivity contribution in [3.8, 4) is 22.7 Å². The molecule has 0 spiro atoms. The van der Waals surface area contributed by atoms with Gasteiger partial charge >= 0.3 is 0 Å². The van der Waals surface area contributed by atoms with Gasteiger partial charge in [-0.3, -0.25) is 19.5 Å². The molecular weight excluding hydrogens is 570 g/mol. The Hall–Kier alpha value is -4.89. The van der Waals surface area contributed by atoms with Gasteiger partial charge in [0, 0.05) is 35.6 Å². The van der Waals surface area contributed by atoms with Gasteiger partial charge in [-0.15, -0.1) is 11.8 Å². The maximum Gasteiger partial charge on any atom is 0.240 e. The second-order valence-electron chi connectivity index (χ2n) is 10.7. The molecule has 5 aromatic rings. The van der Waals surface area contributed by atoms with E-state index in [1.165, 1.54) is 11.8 Å². The van der Waals surface area contributed by atoms with Crippen LogP contribution in [-0.2, 0) is 16.1 Å². The van der Waals surface area contributed by atoms with Crippen LogP contribution >= 0.6 is 11.8 Å². The monoisotopic (exact) mass is 603 g/mol. The number of thioether (sulfide) groups is 1. The molecule has 0 saturated carbocycles.